The largest absolute Gasteiger partial charge is 0.319 e. The summed E-state index contributed by atoms with van der Waals surface area (Å²) >= 11 is 3.05. The highest BCUT2D eigenvalue weighted by Crippen LogP contribution is 2.30. The summed E-state index contributed by atoms with van der Waals surface area (Å²) in [5.41, 5.74) is 2.78. The molecule has 3 aromatic rings. The van der Waals surface area contributed by atoms with E-state index < -0.39 is 0 Å². The molecule has 0 aliphatic carbocycles. The monoisotopic (exact) mass is 369 g/mol. The van der Waals surface area contributed by atoms with Crippen LogP contribution in [0.2, 0.25) is 0 Å². The molecule has 2 aromatic heterocycles. The van der Waals surface area contributed by atoms with E-state index in [-0.39, 0.29) is 11.8 Å². The van der Waals surface area contributed by atoms with Gasteiger partial charge in [-0.25, -0.2) is 4.98 Å². The molecule has 5 nitrogen and oxygen atoms in total. The number of para-hydroxylation sites is 2. The zero-order valence-electron chi connectivity index (χ0n) is 13.3. The maximum Gasteiger partial charge on any atom is 0.275 e. The number of nitrogens with one attached hydrogen (secondary N) is 1. The Morgan fingerprint density at radius 2 is 2.08 bits per heavy atom. The molecule has 0 saturated carbocycles. The number of anilines is 2. The standard InChI is InChI=1S/C18H15N3O2S2/c22-16-6-3-8-21(16)15-5-2-1-4-13(15)19-17(23)14-11-25-18(20-14)12-7-9-24-10-12/h1-2,4-5,7,9-11H,3,6,8H2,(H,19,23). The Labute approximate surface area is 152 Å². The minimum absolute atomic E-state index is 0.0927. The first-order valence-electron chi connectivity index (χ1n) is 7.91. The summed E-state index contributed by atoms with van der Waals surface area (Å²) in [4.78, 5) is 30.8. The van der Waals surface area contributed by atoms with E-state index in [1.165, 1.54) is 11.3 Å². The molecule has 25 heavy (non-hydrogen) atoms. The van der Waals surface area contributed by atoms with Crippen LogP contribution in [0.5, 0.6) is 0 Å². The van der Waals surface area contributed by atoms with Crippen LogP contribution in [0.15, 0.2) is 46.5 Å². The number of amides is 2. The second kappa shape index (κ2) is 6.78. The van der Waals surface area contributed by atoms with E-state index in [1.54, 1.807) is 21.6 Å². The van der Waals surface area contributed by atoms with Crippen LogP contribution in [0, 0.1) is 0 Å². The lowest BCUT2D eigenvalue weighted by Gasteiger charge is -2.19. The first-order chi connectivity index (χ1) is 12.2. The number of hydrogen-bond donors (Lipinski definition) is 1. The minimum Gasteiger partial charge on any atom is -0.319 e. The van der Waals surface area contributed by atoms with Crippen LogP contribution in [0.4, 0.5) is 11.4 Å². The van der Waals surface area contributed by atoms with Crippen molar-refractivity contribution in [1.82, 2.24) is 4.98 Å². The van der Waals surface area contributed by atoms with Crippen molar-refractivity contribution >= 4 is 45.9 Å². The average molecular weight is 369 g/mol. The zero-order chi connectivity index (χ0) is 17.2. The van der Waals surface area contributed by atoms with Crippen molar-refractivity contribution in [2.75, 3.05) is 16.8 Å². The van der Waals surface area contributed by atoms with Crippen LogP contribution < -0.4 is 10.2 Å². The molecule has 0 spiro atoms. The number of thiophene rings is 1. The summed E-state index contributed by atoms with van der Waals surface area (Å²) in [5.74, 6) is -0.174. The average Bonchev–Trinajstić information content (AvgIpc) is 3.36. The third-order valence-corrected chi connectivity index (χ3v) is 5.60. The van der Waals surface area contributed by atoms with Gasteiger partial charge < -0.3 is 10.2 Å². The predicted molar refractivity (Wildman–Crippen MR) is 101 cm³/mol. The third kappa shape index (κ3) is 3.20. The summed E-state index contributed by atoms with van der Waals surface area (Å²) < 4.78 is 0. The normalized spacial score (nSPS) is 14.1. The molecule has 4 rings (SSSR count). The van der Waals surface area contributed by atoms with Gasteiger partial charge in [-0.3, -0.25) is 9.59 Å². The van der Waals surface area contributed by atoms with Gasteiger partial charge in [-0.05, 0) is 30.0 Å². The molecule has 0 bridgehead atoms. The zero-order valence-corrected chi connectivity index (χ0v) is 14.9. The Morgan fingerprint density at radius 3 is 2.84 bits per heavy atom. The maximum absolute atomic E-state index is 12.6. The van der Waals surface area contributed by atoms with Crippen molar-refractivity contribution < 1.29 is 9.59 Å². The van der Waals surface area contributed by atoms with E-state index in [1.807, 2.05) is 41.1 Å². The Balaban J connectivity index is 1.56. The number of carbonyl (C=O) groups excluding carboxylic acids is 2. The summed E-state index contributed by atoms with van der Waals surface area (Å²) in [5, 5.41) is 9.48. The van der Waals surface area contributed by atoms with Crippen LogP contribution in [0.1, 0.15) is 23.3 Å². The molecule has 0 radical (unpaired) electrons. The lowest BCUT2D eigenvalue weighted by atomic mass is 10.2. The van der Waals surface area contributed by atoms with Crippen LogP contribution in [-0.2, 0) is 4.79 Å². The Kier molecular flexibility index (Phi) is 4.33. The van der Waals surface area contributed by atoms with Crippen LogP contribution in [0.3, 0.4) is 0 Å². The molecule has 7 heteroatoms. The molecular formula is C18H15N3O2S2. The van der Waals surface area contributed by atoms with Gasteiger partial charge in [0.25, 0.3) is 5.91 Å². The van der Waals surface area contributed by atoms with Gasteiger partial charge in [-0.2, -0.15) is 11.3 Å². The number of benzene rings is 1. The smallest absolute Gasteiger partial charge is 0.275 e. The van der Waals surface area contributed by atoms with Crippen molar-refractivity contribution in [2.45, 2.75) is 12.8 Å². The van der Waals surface area contributed by atoms with Crippen molar-refractivity contribution in [3.63, 3.8) is 0 Å². The van der Waals surface area contributed by atoms with Crippen LogP contribution in [-0.4, -0.2) is 23.3 Å². The molecule has 1 fully saturated rings. The highest BCUT2D eigenvalue weighted by atomic mass is 32.1. The molecule has 0 unspecified atom stereocenters. The Hall–Kier alpha value is -2.51. The predicted octanol–water partition coefficient (Wildman–Crippen LogP) is 4.25. The first-order valence-corrected chi connectivity index (χ1v) is 9.73. The van der Waals surface area contributed by atoms with Crippen molar-refractivity contribution in [2.24, 2.45) is 0 Å². The van der Waals surface area contributed by atoms with Crippen LogP contribution in [0.25, 0.3) is 10.6 Å². The van der Waals surface area contributed by atoms with Crippen molar-refractivity contribution in [3.8, 4) is 10.6 Å². The first kappa shape index (κ1) is 16.0. The lowest BCUT2D eigenvalue weighted by Crippen LogP contribution is -2.25. The molecule has 1 N–H and O–H groups in total. The number of hydrogen-bond acceptors (Lipinski definition) is 5. The van der Waals surface area contributed by atoms with E-state index in [9.17, 15) is 9.59 Å². The van der Waals surface area contributed by atoms with Gasteiger partial charge in [-0.15, -0.1) is 11.3 Å². The number of nitrogens with zero attached hydrogens (tertiary/aromatic N) is 2. The SMILES string of the molecule is O=C(Nc1ccccc1N1CCCC1=O)c1csc(-c2ccsc2)n1. The highest BCUT2D eigenvalue weighted by molar-refractivity contribution is 7.14. The van der Waals surface area contributed by atoms with E-state index in [4.69, 9.17) is 0 Å². The van der Waals surface area contributed by atoms with Gasteiger partial charge >= 0.3 is 0 Å². The second-order valence-corrected chi connectivity index (χ2v) is 7.31. The quantitative estimate of drug-likeness (QED) is 0.748. The molecule has 1 saturated heterocycles. The van der Waals surface area contributed by atoms with Gasteiger partial charge in [0.15, 0.2) is 0 Å². The number of aromatic nitrogens is 1. The van der Waals surface area contributed by atoms with Crippen LogP contribution >= 0.6 is 22.7 Å². The topological polar surface area (TPSA) is 62.3 Å². The fraction of sp³-hybridized carbons (Fsp3) is 0.167. The highest BCUT2D eigenvalue weighted by Gasteiger charge is 2.24. The summed E-state index contributed by atoms with van der Waals surface area (Å²) in [7, 11) is 0. The van der Waals surface area contributed by atoms with E-state index >= 15 is 0 Å². The van der Waals surface area contributed by atoms with E-state index in [0.29, 0.717) is 24.3 Å². The molecule has 1 aliphatic heterocycles. The second-order valence-electron chi connectivity index (χ2n) is 5.67. The molecule has 0 atom stereocenters. The van der Waals surface area contributed by atoms with Crippen molar-refractivity contribution in [1.29, 1.82) is 0 Å². The van der Waals surface area contributed by atoms with Crippen molar-refractivity contribution in [3.05, 3.63) is 52.2 Å². The van der Waals surface area contributed by atoms with E-state index in [0.717, 1.165) is 22.7 Å². The summed E-state index contributed by atoms with van der Waals surface area (Å²) in [6, 6.07) is 9.37. The number of rotatable bonds is 4. The molecule has 126 valence electrons. The fourth-order valence-electron chi connectivity index (χ4n) is 2.80. The van der Waals surface area contributed by atoms with Gasteiger partial charge in [0.05, 0.1) is 11.4 Å². The lowest BCUT2D eigenvalue weighted by molar-refractivity contribution is -0.117. The van der Waals surface area contributed by atoms with Gasteiger partial charge in [-0.1, -0.05) is 12.1 Å². The molecule has 1 aromatic carbocycles. The number of carbonyl (C=O) groups is 2. The molecular weight excluding hydrogens is 354 g/mol. The molecule has 1 aliphatic rings. The fourth-order valence-corrected chi connectivity index (χ4v) is 4.31. The minimum atomic E-state index is -0.267. The summed E-state index contributed by atoms with van der Waals surface area (Å²) in [6.45, 7) is 0.685. The van der Waals surface area contributed by atoms with E-state index in [2.05, 4.69) is 10.3 Å². The number of thiazole rings is 1. The summed E-state index contributed by atoms with van der Waals surface area (Å²) in [6.07, 6.45) is 1.40. The Morgan fingerprint density at radius 1 is 1.20 bits per heavy atom. The molecule has 2 amide bonds. The molecule has 3 heterocycles. The Bertz CT molecular complexity index is 918. The third-order valence-electron chi connectivity index (χ3n) is 4.02. The van der Waals surface area contributed by atoms with Gasteiger partial charge in [0, 0.05) is 29.3 Å². The van der Waals surface area contributed by atoms with Gasteiger partial charge in [0.2, 0.25) is 5.91 Å². The maximum atomic E-state index is 12.6. The van der Waals surface area contributed by atoms with Gasteiger partial charge in [0.1, 0.15) is 10.7 Å².